The number of nitrogen functional groups attached to an aromatic ring is 1. The van der Waals surface area contributed by atoms with Crippen LogP contribution in [0.4, 0.5) is 5.82 Å². The summed E-state index contributed by atoms with van der Waals surface area (Å²) in [7, 11) is 0. The van der Waals surface area contributed by atoms with Gasteiger partial charge in [-0.05, 0) is 31.6 Å². The van der Waals surface area contributed by atoms with E-state index in [-0.39, 0.29) is 0 Å². The lowest BCUT2D eigenvalue weighted by molar-refractivity contribution is 0.318. The number of nitrogens with two attached hydrogens (primary N) is 1. The number of hydrogen-bond acceptors (Lipinski definition) is 3. The van der Waals surface area contributed by atoms with Crippen LogP contribution in [0.25, 0.3) is 0 Å². The smallest absolute Gasteiger partial charge is 0.134 e. The van der Waals surface area contributed by atoms with Gasteiger partial charge in [-0.1, -0.05) is 13.3 Å². The van der Waals surface area contributed by atoms with E-state index in [0.29, 0.717) is 11.7 Å². The highest BCUT2D eigenvalue weighted by molar-refractivity contribution is 7.10. The van der Waals surface area contributed by atoms with Gasteiger partial charge in [0.2, 0.25) is 0 Å². The fourth-order valence-corrected chi connectivity index (χ4v) is 3.19. The standard InChI is InChI=1S/C11H18N2S/c1-2-8-3-5-9(6-4-8)11-13-10(12)7-14-11/h7-9H,2-6,12H2,1H3. The second-order valence-electron chi connectivity index (χ2n) is 4.24. The average Bonchev–Trinajstić information content (AvgIpc) is 2.65. The maximum atomic E-state index is 5.64. The first kappa shape index (κ1) is 9.97. The van der Waals surface area contributed by atoms with Crippen molar-refractivity contribution >= 4 is 17.2 Å². The Morgan fingerprint density at radius 1 is 1.43 bits per heavy atom. The van der Waals surface area contributed by atoms with Crippen molar-refractivity contribution in [3.8, 4) is 0 Å². The Hall–Kier alpha value is -0.570. The zero-order valence-electron chi connectivity index (χ0n) is 8.70. The minimum Gasteiger partial charge on any atom is -0.383 e. The Kier molecular flexibility index (Phi) is 3.06. The van der Waals surface area contributed by atoms with Gasteiger partial charge in [-0.3, -0.25) is 0 Å². The summed E-state index contributed by atoms with van der Waals surface area (Å²) < 4.78 is 0. The van der Waals surface area contributed by atoms with Gasteiger partial charge < -0.3 is 5.73 Å². The van der Waals surface area contributed by atoms with Crippen LogP contribution < -0.4 is 5.73 Å². The van der Waals surface area contributed by atoms with E-state index in [9.17, 15) is 0 Å². The molecule has 0 amide bonds. The zero-order valence-corrected chi connectivity index (χ0v) is 9.52. The van der Waals surface area contributed by atoms with Gasteiger partial charge >= 0.3 is 0 Å². The average molecular weight is 210 g/mol. The number of hydrogen-bond donors (Lipinski definition) is 1. The third kappa shape index (κ3) is 2.08. The summed E-state index contributed by atoms with van der Waals surface area (Å²) in [5.74, 6) is 2.35. The maximum Gasteiger partial charge on any atom is 0.134 e. The molecule has 0 saturated heterocycles. The molecule has 0 atom stereocenters. The summed E-state index contributed by atoms with van der Waals surface area (Å²) in [6.45, 7) is 2.30. The Bertz CT molecular complexity index is 287. The van der Waals surface area contributed by atoms with E-state index >= 15 is 0 Å². The summed E-state index contributed by atoms with van der Waals surface area (Å²) in [5, 5.41) is 3.22. The molecule has 14 heavy (non-hydrogen) atoms. The molecule has 0 spiro atoms. The number of rotatable bonds is 2. The molecule has 1 saturated carbocycles. The molecule has 0 aromatic carbocycles. The van der Waals surface area contributed by atoms with E-state index in [4.69, 9.17) is 5.73 Å². The van der Waals surface area contributed by atoms with E-state index in [0.717, 1.165) is 5.92 Å². The van der Waals surface area contributed by atoms with Crippen LogP contribution in [0.5, 0.6) is 0 Å². The molecular formula is C11H18N2S. The predicted molar refractivity (Wildman–Crippen MR) is 61.5 cm³/mol. The highest BCUT2D eigenvalue weighted by Gasteiger charge is 2.23. The molecule has 1 aliphatic carbocycles. The van der Waals surface area contributed by atoms with E-state index in [1.165, 1.54) is 37.1 Å². The van der Waals surface area contributed by atoms with E-state index in [1.54, 1.807) is 11.3 Å². The van der Waals surface area contributed by atoms with Crippen molar-refractivity contribution in [3.05, 3.63) is 10.4 Å². The van der Waals surface area contributed by atoms with Gasteiger partial charge in [-0.2, -0.15) is 0 Å². The second-order valence-corrected chi connectivity index (χ2v) is 5.13. The van der Waals surface area contributed by atoms with Gasteiger partial charge in [-0.25, -0.2) is 4.98 Å². The molecule has 78 valence electrons. The molecule has 0 aliphatic heterocycles. The van der Waals surface area contributed by atoms with Crippen LogP contribution in [-0.2, 0) is 0 Å². The van der Waals surface area contributed by atoms with Gasteiger partial charge in [-0.15, -0.1) is 11.3 Å². The molecule has 0 radical (unpaired) electrons. The van der Waals surface area contributed by atoms with Crippen molar-refractivity contribution in [3.63, 3.8) is 0 Å². The molecule has 1 aromatic heterocycles. The summed E-state index contributed by atoms with van der Waals surface area (Å²) in [6, 6.07) is 0. The first-order valence-electron chi connectivity index (χ1n) is 5.50. The molecular weight excluding hydrogens is 192 g/mol. The molecule has 1 fully saturated rings. The SMILES string of the molecule is CCC1CCC(c2nc(N)cs2)CC1. The van der Waals surface area contributed by atoms with E-state index < -0.39 is 0 Å². The lowest BCUT2D eigenvalue weighted by Gasteiger charge is -2.26. The molecule has 2 rings (SSSR count). The van der Waals surface area contributed by atoms with E-state index in [2.05, 4.69) is 11.9 Å². The lowest BCUT2D eigenvalue weighted by atomic mass is 9.81. The minimum atomic E-state index is 0.695. The van der Waals surface area contributed by atoms with Crippen LogP contribution in [0.3, 0.4) is 0 Å². The first-order valence-corrected chi connectivity index (χ1v) is 6.38. The molecule has 3 heteroatoms. The maximum absolute atomic E-state index is 5.64. The number of anilines is 1. The third-order valence-electron chi connectivity index (χ3n) is 3.31. The topological polar surface area (TPSA) is 38.9 Å². The Morgan fingerprint density at radius 2 is 2.14 bits per heavy atom. The predicted octanol–water partition coefficient (Wildman–Crippen LogP) is 3.41. The zero-order chi connectivity index (χ0) is 9.97. The molecule has 1 heterocycles. The summed E-state index contributed by atoms with van der Waals surface area (Å²) in [6.07, 6.45) is 6.71. The normalized spacial score (nSPS) is 27.8. The number of aromatic nitrogens is 1. The Morgan fingerprint density at radius 3 is 2.64 bits per heavy atom. The number of nitrogens with zero attached hydrogens (tertiary/aromatic N) is 1. The third-order valence-corrected chi connectivity index (χ3v) is 4.34. The quantitative estimate of drug-likeness (QED) is 0.812. The van der Waals surface area contributed by atoms with Gasteiger partial charge in [0.15, 0.2) is 0 Å². The van der Waals surface area contributed by atoms with Crippen LogP contribution in [0.15, 0.2) is 5.38 Å². The van der Waals surface area contributed by atoms with Crippen molar-refractivity contribution in [2.24, 2.45) is 5.92 Å². The van der Waals surface area contributed by atoms with Crippen LogP contribution in [0.1, 0.15) is 50.0 Å². The molecule has 1 aliphatic rings. The second kappa shape index (κ2) is 4.30. The Balaban J connectivity index is 1.95. The van der Waals surface area contributed by atoms with Crippen LogP contribution >= 0.6 is 11.3 Å². The molecule has 0 bridgehead atoms. The van der Waals surface area contributed by atoms with Gasteiger partial charge in [0, 0.05) is 11.3 Å². The molecule has 1 aromatic rings. The van der Waals surface area contributed by atoms with Crippen molar-refractivity contribution in [2.75, 3.05) is 5.73 Å². The van der Waals surface area contributed by atoms with Gasteiger partial charge in [0.05, 0.1) is 5.01 Å². The van der Waals surface area contributed by atoms with Crippen molar-refractivity contribution in [1.82, 2.24) is 4.98 Å². The van der Waals surface area contributed by atoms with Crippen molar-refractivity contribution in [2.45, 2.75) is 44.9 Å². The fraction of sp³-hybridized carbons (Fsp3) is 0.727. The Labute approximate surface area is 89.5 Å². The molecule has 2 N–H and O–H groups in total. The highest BCUT2D eigenvalue weighted by atomic mass is 32.1. The van der Waals surface area contributed by atoms with Crippen molar-refractivity contribution in [1.29, 1.82) is 0 Å². The van der Waals surface area contributed by atoms with Gasteiger partial charge in [0.25, 0.3) is 0 Å². The summed E-state index contributed by atoms with van der Waals surface area (Å²) >= 11 is 1.73. The van der Waals surface area contributed by atoms with E-state index in [1.807, 2.05) is 5.38 Å². The number of thiazole rings is 1. The largest absolute Gasteiger partial charge is 0.383 e. The van der Waals surface area contributed by atoms with Crippen LogP contribution in [-0.4, -0.2) is 4.98 Å². The minimum absolute atomic E-state index is 0.695. The van der Waals surface area contributed by atoms with Gasteiger partial charge in [0.1, 0.15) is 5.82 Å². The summed E-state index contributed by atoms with van der Waals surface area (Å²) in [5.41, 5.74) is 5.64. The highest BCUT2D eigenvalue weighted by Crippen LogP contribution is 2.38. The molecule has 0 unspecified atom stereocenters. The summed E-state index contributed by atoms with van der Waals surface area (Å²) in [4.78, 5) is 4.38. The lowest BCUT2D eigenvalue weighted by Crippen LogP contribution is -2.12. The van der Waals surface area contributed by atoms with Crippen LogP contribution in [0, 0.1) is 5.92 Å². The fourth-order valence-electron chi connectivity index (χ4n) is 2.31. The monoisotopic (exact) mass is 210 g/mol. The first-order chi connectivity index (χ1) is 6.79. The van der Waals surface area contributed by atoms with Crippen LogP contribution in [0.2, 0.25) is 0 Å². The van der Waals surface area contributed by atoms with Crippen molar-refractivity contribution < 1.29 is 0 Å². The molecule has 2 nitrogen and oxygen atoms in total.